The number of benzene rings is 1. The Hall–Kier alpha value is -1.13. The van der Waals surface area contributed by atoms with Crippen molar-refractivity contribution in [2.75, 3.05) is 31.5 Å². The number of likely N-dealkylation sites (tertiary alicyclic amines) is 1. The number of hydrogen-bond donors (Lipinski definition) is 2. The van der Waals surface area contributed by atoms with Crippen LogP contribution in [0, 0.1) is 11.8 Å². The van der Waals surface area contributed by atoms with Gasteiger partial charge in [0.05, 0.1) is 0 Å². The zero-order valence-electron chi connectivity index (χ0n) is 15.6. The molecule has 4 heteroatoms. The Morgan fingerprint density at radius 2 is 1.79 bits per heavy atom. The first-order chi connectivity index (χ1) is 11.4. The van der Waals surface area contributed by atoms with Crippen LogP contribution < -0.4 is 10.6 Å². The molecule has 0 saturated carbocycles. The summed E-state index contributed by atoms with van der Waals surface area (Å²) < 4.78 is 0. The molecule has 24 heavy (non-hydrogen) atoms. The van der Waals surface area contributed by atoms with Gasteiger partial charge in [0.15, 0.2) is 5.11 Å². The van der Waals surface area contributed by atoms with Crippen LogP contribution in [0.15, 0.2) is 24.3 Å². The fourth-order valence-corrected chi connectivity index (χ4v) is 3.83. The smallest absolute Gasteiger partial charge is 0.170 e. The van der Waals surface area contributed by atoms with Gasteiger partial charge in [-0.05, 0) is 67.1 Å². The normalized spacial score (nSPS) is 21.7. The van der Waals surface area contributed by atoms with Gasteiger partial charge in [-0.25, -0.2) is 0 Å². The van der Waals surface area contributed by atoms with Crippen LogP contribution in [0.1, 0.15) is 52.0 Å². The number of nitrogens with one attached hydrogen (secondary N) is 2. The largest absolute Gasteiger partial charge is 0.362 e. The highest BCUT2D eigenvalue weighted by molar-refractivity contribution is 7.80. The van der Waals surface area contributed by atoms with Gasteiger partial charge in [-0.2, -0.15) is 0 Å². The van der Waals surface area contributed by atoms with E-state index in [2.05, 4.69) is 67.5 Å². The fraction of sp³-hybridized carbons (Fsp3) is 0.650. The molecule has 3 nitrogen and oxygen atoms in total. The van der Waals surface area contributed by atoms with Crippen molar-refractivity contribution in [3.63, 3.8) is 0 Å². The van der Waals surface area contributed by atoms with Gasteiger partial charge < -0.3 is 15.5 Å². The molecule has 134 valence electrons. The molecule has 2 rings (SSSR count). The molecule has 0 aromatic heterocycles. The van der Waals surface area contributed by atoms with E-state index in [0.717, 1.165) is 37.0 Å². The average Bonchev–Trinajstić information content (AvgIpc) is 2.51. The Morgan fingerprint density at radius 1 is 1.17 bits per heavy atom. The highest BCUT2D eigenvalue weighted by atomic mass is 32.1. The molecule has 1 aromatic carbocycles. The molecule has 0 bridgehead atoms. The molecule has 0 unspecified atom stereocenters. The molecule has 1 saturated heterocycles. The minimum Gasteiger partial charge on any atom is -0.362 e. The van der Waals surface area contributed by atoms with Gasteiger partial charge in [-0.1, -0.05) is 39.8 Å². The molecule has 0 spiro atoms. The van der Waals surface area contributed by atoms with Crippen LogP contribution in [-0.2, 0) is 0 Å². The first kappa shape index (κ1) is 19.2. The lowest BCUT2D eigenvalue weighted by Crippen LogP contribution is -2.40. The second-order valence-electron chi connectivity index (χ2n) is 7.72. The maximum atomic E-state index is 5.39. The first-order valence-corrected chi connectivity index (χ1v) is 9.72. The van der Waals surface area contributed by atoms with E-state index in [1.165, 1.54) is 25.1 Å². The van der Waals surface area contributed by atoms with Crippen LogP contribution in [0.2, 0.25) is 0 Å². The standard InChI is InChI=1S/C20H33N3S/c1-15(2)18-6-8-19(9-7-18)22-20(24)21-10-5-11-23-13-16(3)12-17(4)14-23/h6-9,15-17H,5,10-14H2,1-4H3,(H2,21,22,24)/t16-,17-/m0/s1. The predicted molar refractivity (Wildman–Crippen MR) is 109 cm³/mol. The van der Waals surface area contributed by atoms with Crippen LogP contribution in [-0.4, -0.2) is 36.2 Å². The van der Waals surface area contributed by atoms with E-state index in [9.17, 15) is 0 Å². The molecular weight excluding hydrogens is 314 g/mol. The number of anilines is 1. The van der Waals surface area contributed by atoms with Crippen molar-refractivity contribution in [2.24, 2.45) is 11.8 Å². The minimum atomic E-state index is 0.560. The van der Waals surface area contributed by atoms with Crippen molar-refractivity contribution in [2.45, 2.75) is 46.5 Å². The van der Waals surface area contributed by atoms with Crippen molar-refractivity contribution in [3.8, 4) is 0 Å². The van der Waals surface area contributed by atoms with E-state index < -0.39 is 0 Å². The summed E-state index contributed by atoms with van der Waals surface area (Å²) in [6, 6.07) is 8.52. The van der Waals surface area contributed by atoms with Gasteiger partial charge in [-0.15, -0.1) is 0 Å². The molecule has 2 atom stereocenters. The summed E-state index contributed by atoms with van der Waals surface area (Å²) in [5, 5.41) is 7.31. The number of nitrogens with zero attached hydrogens (tertiary/aromatic N) is 1. The van der Waals surface area contributed by atoms with Crippen molar-refractivity contribution < 1.29 is 0 Å². The van der Waals surface area contributed by atoms with Crippen molar-refractivity contribution in [1.29, 1.82) is 0 Å². The van der Waals surface area contributed by atoms with Crippen molar-refractivity contribution in [1.82, 2.24) is 10.2 Å². The molecule has 1 aliphatic heterocycles. The Bertz CT molecular complexity index is 502. The fourth-order valence-electron chi connectivity index (χ4n) is 3.61. The lowest BCUT2D eigenvalue weighted by Gasteiger charge is -2.35. The van der Waals surface area contributed by atoms with Crippen LogP contribution in [0.25, 0.3) is 0 Å². The van der Waals surface area contributed by atoms with Gasteiger partial charge in [0.1, 0.15) is 0 Å². The Balaban J connectivity index is 1.64. The summed E-state index contributed by atoms with van der Waals surface area (Å²) >= 11 is 5.39. The maximum Gasteiger partial charge on any atom is 0.170 e. The highest BCUT2D eigenvalue weighted by Crippen LogP contribution is 2.20. The van der Waals surface area contributed by atoms with Gasteiger partial charge in [0.2, 0.25) is 0 Å². The molecule has 0 aliphatic carbocycles. The van der Waals surface area contributed by atoms with Crippen molar-refractivity contribution >= 4 is 23.0 Å². The van der Waals surface area contributed by atoms with Crippen LogP contribution in [0.3, 0.4) is 0 Å². The molecule has 1 aromatic rings. The number of thiocarbonyl (C=S) groups is 1. The summed E-state index contributed by atoms with van der Waals surface area (Å²) in [7, 11) is 0. The van der Waals surface area contributed by atoms with E-state index in [4.69, 9.17) is 12.2 Å². The van der Waals surface area contributed by atoms with Crippen LogP contribution >= 0.6 is 12.2 Å². The predicted octanol–water partition coefficient (Wildman–Crippen LogP) is 4.46. The zero-order valence-corrected chi connectivity index (χ0v) is 16.5. The van der Waals surface area contributed by atoms with E-state index in [1.807, 2.05) is 0 Å². The van der Waals surface area contributed by atoms with Crippen LogP contribution in [0.4, 0.5) is 5.69 Å². The van der Waals surface area contributed by atoms with Gasteiger partial charge in [-0.3, -0.25) is 0 Å². The molecule has 0 amide bonds. The molecule has 2 N–H and O–H groups in total. The monoisotopic (exact) mass is 347 g/mol. The zero-order chi connectivity index (χ0) is 17.5. The molecular formula is C20H33N3S. The third kappa shape index (κ3) is 6.40. The van der Waals surface area contributed by atoms with Gasteiger partial charge >= 0.3 is 0 Å². The van der Waals surface area contributed by atoms with E-state index in [0.29, 0.717) is 11.0 Å². The SMILES string of the molecule is CC(C)c1ccc(NC(=S)NCCCN2C[C@@H](C)C[C@H](C)C2)cc1. The summed E-state index contributed by atoms with van der Waals surface area (Å²) in [5.41, 5.74) is 2.40. The van der Waals surface area contributed by atoms with Crippen molar-refractivity contribution in [3.05, 3.63) is 29.8 Å². The molecule has 1 fully saturated rings. The Kier molecular flexibility index (Phi) is 7.50. The topological polar surface area (TPSA) is 27.3 Å². The van der Waals surface area contributed by atoms with Gasteiger partial charge in [0, 0.05) is 25.3 Å². The maximum absolute atomic E-state index is 5.39. The first-order valence-electron chi connectivity index (χ1n) is 9.31. The minimum absolute atomic E-state index is 0.560. The second kappa shape index (κ2) is 9.38. The van der Waals surface area contributed by atoms with Gasteiger partial charge in [0.25, 0.3) is 0 Å². The Labute approximate surface area is 153 Å². The summed E-state index contributed by atoms with van der Waals surface area (Å²) in [4.78, 5) is 2.60. The molecule has 1 heterocycles. The number of rotatable bonds is 6. The average molecular weight is 348 g/mol. The quantitative estimate of drug-likeness (QED) is 0.587. The highest BCUT2D eigenvalue weighted by Gasteiger charge is 2.20. The number of hydrogen-bond acceptors (Lipinski definition) is 2. The number of piperidine rings is 1. The van der Waals surface area contributed by atoms with E-state index >= 15 is 0 Å². The van der Waals surface area contributed by atoms with E-state index in [1.54, 1.807) is 0 Å². The summed E-state index contributed by atoms with van der Waals surface area (Å²) in [6.45, 7) is 13.7. The summed E-state index contributed by atoms with van der Waals surface area (Å²) in [5.74, 6) is 2.22. The van der Waals surface area contributed by atoms with E-state index in [-0.39, 0.29) is 0 Å². The summed E-state index contributed by atoms with van der Waals surface area (Å²) in [6.07, 6.45) is 2.51. The molecule has 1 aliphatic rings. The lowest BCUT2D eigenvalue weighted by molar-refractivity contribution is 0.140. The third-order valence-corrected chi connectivity index (χ3v) is 4.96. The molecule has 0 radical (unpaired) electrons. The third-order valence-electron chi connectivity index (χ3n) is 4.72. The second-order valence-corrected chi connectivity index (χ2v) is 8.13. The Morgan fingerprint density at radius 3 is 2.38 bits per heavy atom. The van der Waals surface area contributed by atoms with Crippen LogP contribution in [0.5, 0.6) is 0 Å². The lowest BCUT2D eigenvalue weighted by atomic mass is 9.92.